The van der Waals surface area contributed by atoms with Crippen molar-refractivity contribution in [3.8, 4) is 0 Å². The van der Waals surface area contributed by atoms with Crippen LogP contribution < -0.4 is 0 Å². The monoisotopic (exact) mass is 437 g/mol. The predicted molar refractivity (Wildman–Crippen MR) is 112 cm³/mol. The number of methoxy groups -OCH3 is 3. The highest BCUT2D eigenvalue weighted by atomic mass is 16.5. The van der Waals surface area contributed by atoms with Gasteiger partial charge in [-0.3, -0.25) is 4.90 Å². The second kappa shape index (κ2) is 6.65. The number of hydrogen-bond acceptors (Lipinski definition) is 7. The summed E-state index contributed by atoms with van der Waals surface area (Å²) in [5.74, 6) is -0.168. The SMILES string of the molecule is CCN1C[C@]2(COC)CC[C@H](O)[C@@]34[C@@H]5C[C@H]6[C@H](O)[C@H]5[C@](O)(C[C@@H]6OC)[C@@H]([C@H](OC)[C@H]23)[C@@H]14. The van der Waals surface area contributed by atoms with E-state index in [0.717, 1.165) is 32.4 Å². The van der Waals surface area contributed by atoms with Crippen molar-refractivity contribution in [1.29, 1.82) is 0 Å². The summed E-state index contributed by atoms with van der Waals surface area (Å²) in [5, 5.41) is 35.7. The Balaban J connectivity index is 1.62. The Morgan fingerprint density at radius 1 is 1.10 bits per heavy atom. The van der Waals surface area contributed by atoms with Crippen molar-refractivity contribution in [2.45, 2.75) is 68.7 Å². The number of aliphatic hydroxyl groups excluding tert-OH is 2. The molecule has 6 rings (SSSR count). The molecule has 176 valence electrons. The Bertz CT molecular complexity index is 752. The fraction of sp³-hybridized carbons (Fsp3) is 1.00. The molecule has 7 bridgehead atoms. The maximum atomic E-state index is 12.5. The normalized spacial score (nSPS) is 61.6. The van der Waals surface area contributed by atoms with Gasteiger partial charge in [0.05, 0.1) is 36.6 Å². The molecule has 31 heavy (non-hydrogen) atoms. The molecule has 6 fully saturated rings. The van der Waals surface area contributed by atoms with Gasteiger partial charge in [0, 0.05) is 74.8 Å². The van der Waals surface area contributed by atoms with E-state index in [-0.39, 0.29) is 58.7 Å². The topological polar surface area (TPSA) is 91.6 Å². The van der Waals surface area contributed by atoms with E-state index in [2.05, 4.69) is 11.8 Å². The maximum absolute atomic E-state index is 12.5. The lowest BCUT2D eigenvalue weighted by atomic mass is 9.43. The molecular formula is C24H39NO6. The molecule has 1 heterocycles. The largest absolute Gasteiger partial charge is 0.392 e. The number of fused-ring (bicyclic) bond motifs is 2. The molecule has 7 heteroatoms. The van der Waals surface area contributed by atoms with Gasteiger partial charge in [0.2, 0.25) is 0 Å². The van der Waals surface area contributed by atoms with Crippen molar-refractivity contribution in [3.63, 3.8) is 0 Å². The Kier molecular flexibility index (Phi) is 4.56. The number of hydrogen-bond donors (Lipinski definition) is 3. The highest BCUT2D eigenvalue weighted by Crippen LogP contribution is 2.79. The summed E-state index contributed by atoms with van der Waals surface area (Å²) in [5.41, 5.74) is -1.54. The first-order valence-corrected chi connectivity index (χ1v) is 12.2. The van der Waals surface area contributed by atoms with Gasteiger partial charge in [0.25, 0.3) is 0 Å². The van der Waals surface area contributed by atoms with Crippen molar-refractivity contribution in [2.75, 3.05) is 41.0 Å². The van der Waals surface area contributed by atoms with Gasteiger partial charge in [-0.25, -0.2) is 0 Å². The van der Waals surface area contributed by atoms with Crippen LogP contribution in [0.2, 0.25) is 0 Å². The highest BCUT2D eigenvalue weighted by molar-refractivity contribution is 5.35. The second-order valence-electron chi connectivity index (χ2n) is 11.6. The van der Waals surface area contributed by atoms with E-state index in [1.165, 1.54) is 0 Å². The van der Waals surface area contributed by atoms with E-state index in [1.807, 2.05) is 0 Å². The zero-order valence-electron chi connectivity index (χ0n) is 19.2. The van der Waals surface area contributed by atoms with Crippen LogP contribution in [0.25, 0.3) is 0 Å². The Morgan fingerprint density at radius 2 is 1.87 bits per heavy atom. The third-order valence-corrected chi connectivity index (χ3v) is 11.1. The summed E-state index contributed by atoms with van der Waals surface area (Å²) in [7, 11) is 5.24. The molecule has 0 radical (unpaired) electrons. The van der Waals surface area contributed by atoms with E-state index < -0.39 is 17.8 Å². The van der Waals surface area contributed by atoms with Crippen LogP contribution in [0.1, 0.15) is 32.6 Å². The lowest BCUT2D eigenvalue weighted by Gasteiger charge is -2.68. The van der Waals surface area contributed by atoms with Gasteiger partial charge in [0.15, 0.2) is 0 Å². The lowest BCUT2D eigenvalue weighted by molar-refractivity contribution is -0.272. The first-order chi connectivity index (χ1) is 14.9. The number of nitrogens with zero attached hydrogens (tertiary/aromatic N) is 1. The van der Waals surface area contributed by atoms with Gasteiger partial charge in [-0.15, -0.1) is 0 Å². The third kappa shape index (κ3) is 2.12. The number of likely N-dealkylation sites (tertiary alicyclic amines) is 1. The van der Waals surface area contributed by atoms with E-state index >= 15 is 0 Å². The molecule has 0 amide bonds. The molecule has 5 saturated carbocycles. The number of ether oxygens (including phenoxy) is 3. The second-order valence-corrected chi connectivity index (χ2v) is 11.6. The van der Waals surface area contributed by atoms with Crippen molar-refractivity contribution >= 4 is 0 Å². The summed E-state index contributed by atoms with van der Waals surface area (Å²) in [6, 6.07) is 0.0561. The molecule has 0 aromatic carbocycles. The molecule has 0 aromatic heterocycles. The minimum absolute atomic E-state index is 0.0248. The summed E-state index contributed by atoms with van der Waals surface area (Å²) < 4.78 is 18.0. The van der Waals surface area contributed by atoms with Crippen LogP contribution in [0.3, 0.4) is 0 Å². The molecule has 7 nitrogen and oxygen atoms in total. The quantitative estimate of drug-likeness (QED) is 0.577. The average Bonchev–Trinajstić information content (AvgIpc) is 3.16. The van der Waals surface area contributed by atoms with Gasteiger partial charge in [-0.05, 0) is 31.7 Å². The van der Waals surface area contributed by atoms with Crippen LogP contribution in [-0.4, -0.2) is 97.3 Å². The third-order valence-electron chi connectivity index (χ3n) is 11.1. The van der Waals surface area contributed by atoms with Crippen molar-refractivity contribution < 1.29 is 29.5 Å². The number of piperidine rings is 1. The lowest BCUT2D eigenvalue weighted by Crippen LogP contribution is -2.76. The van der Waals surface area contributed by atoms with Crippen LogP contribution in [-0.2, 0) is 14.2 Å². The van der Waals surface area contributed by atoms with Crippen molar-refractivity contribution in [1.82, 2.24) is 4.90 Å². The van der Waals surface area contributed by atoms with E-state index in [0.29, 0.717) is 13.0 Å². The Labute approximate surface area is 185 Å². The summed E-state index contributed by atoms with van der Waals surface area (Å²) in [6.45, 7) is 4.63. The minimum Gasteiger partial charge on any atom is -0.392 e. The molecule has 1 spiro atoms. The van der Waals surface area contributed by atoms with Gasteiger partial charge >= 0.3 is 0 Å². The standard InChI is InChI=1S/C24H39NO6/c1-5-25-10-22(11-29-2)7-6-15(26)24-13-8-12-14(30-3)9-23(28,16(13)18(12)27)17(21(24)25)19(31-4)20(22)24/h12-21,26-28H,5-11H2,1-4H3/t12-,13-,14+,15+,16+,17+,18+,19+,20-,21-,22+,23-,24+/m1/s1. The van der Waals surface area contributed by atoms with Crippen molar-refractivity contribution in [2.24, 2.45) is 40.4 Å². The summed E-state index contributed by atoms with van der Waals surface area (Å²) >= 11 is 0. The molecule has 13 atom stereocenters. The molecule has 5 aliphatic carbocycles. The van der Waals surface area contributed by atoms with Crippen molar-refractivity contribution in [3.05, 3.63) is 0 Å². The fourth-order valence-electron chi connectivity index (χ4n) is 10.7. The van der Waals surface area contributed by atoms with Gasteiger partial charge < -0.3 is 29.5 Å². The van der Waals surface area contributed by atoms with Crippen LogP contribution in [0, 0.1) is 40.4 Å². The summed E-state index contributed by atoms with van der Waals surface area (Å²) in [6.07, 6.45) is 1.65. The molecule has 0 aromatic rings. The number of aliphatic hydroxyl groups is 3. The first kappa shape index (κ1) is 21.3. The van der Waals surface area contributed by atoms with Gasteiger partial charge in [0.1, 0.15) is 0 Å². The smallest absolute Gasteiger partial charge is 0.0796 e. The molecular weight excluding hydrogens is 398 g/mol. The van der Waals surface area contributed by atoms with Crippen LogP contribution in [0.5, 0.6) is 0 Å². The van der Waals surface area contributed by atoms with Crippen LogP contribution in [0.4, 0.5) is 0 Å². The predicted octanol–water partition coefficient (Wildman–Crippen LogP) is 0.502. The molecule has 6 aliphatic rings. The fourth-order valence-corrected chi connectivity index (χ4v) is 10.7. The minimum atomic E-state index is -1.05. The number of rotatable bonds is 5. The first-order valence-electron chi connectivity index (χ1n) is 12.2. The molecule has 0 unspecified atom stereocenters. The zero-order valence-corrected chi connectivity index (χ0v) is 19.2. The molecule has 3 N–H and O–H groups in total. The highest BCUT2D eigenvalue weighted by Gasteiger charge is 2.86. The zero-order chi connectivity index (χ0) is 21.9. The van der Waals surface area contributed by atoms with Crippen LogP contribution in [0.15, 0.2) is 0 Å². The van der Waals surface area contributed by atoms with Crippen LogP contribution >= 0.6 is 0 Å². The molecule has 1 aliphatic heterocycles. The average molecular weight is 438 g/mol. The van der Waals surface area contributed by atoms with E-state index in [4.69, 9.17) is 14.2 Å². The summed E-state index contributed by atoms with van der Waals surface area (Å²) in [4.78, 5) is 2.52. The van der Waals surface area contributed by atoms with E-state index in [1.54, 1.807) is 21.3 Å². The molecule has 1 saturated heterocycles. The Morgan fingerprint density at radius 3 is 2.52 bits per heavy atom. The maximum Gasteiger partial charge on any atom is 0.0796 e. The van der Waals surface area contributed by atoms with Gasteiger partial charge in [-0.2, -0.15) is 0 Å². The van der Waals surface area contributed by atoms with Gasteiger partial charge in [-0.1, -0.05) is 6.92 Å². The Hall–Kier alpha value is -0.280. The van der Waals surface area contributed by atoms with E-state index in [9.17, 15) is 15.3 Å².